The molecular weight excluding hydrogens is 184 g/mol. The molecule has 0 bridgehead atoms. The zero-order chi connectivity index (χ0) is 10.8. The fraction of sp³-hybridized carbons (Fsp3) is 1.00. The highest BCUT2D eigenvalue weighted by molar-refractivity contribution is 4.63. The van der Waals surface area contributed by atoms with Crippen LogP contribution in [0.4, 0.5) is 0 Å². The molecule has 0 spiro atoms. The zero-order valence-electron chi connectivity index (χ0n) is 10.5. The highest BCUT2D eigenvalue weighted by Crippen LogP contribution is 2.18. The largest absolute Gasteiger partial charge is 0.378 e. The van der Waals surface area contributed by atoms with Gasteiger partial charge in [-0.2, -0.15) is 0 Å². The first kappa shape index (κ1) is 13.0. The standard InChI is InChI=1S/C14H28O/c1-2-3-4-5-6-7-8-11-14-12-9-10-13-15-14/h14H,2-13H2,1H3/t14-/m0/s1. The molecule has 0 aromatic rings. The van der Waals surface area contributed by atoms with Crippen molar-refractivity contribution in [1.82, 2.24) is 0 Å². The van der Waals surface area contributed by atoms with Crippen molar-refractivity contribution in [3.05, 3.63) is 0 Å². The molecule has 1 aliphatic rings. The van der Waals surface area contributed by atoms with Crippen molar-refractivity contribution in [2.24, 2.45) is 0 Å². The Morgan fingerprint density at radius 2 is 1.67 bits per heavy atom. The first-order chi connectivity index (χ1) is 7.43. The molecule has 90 valence electrons. The van der Waals surface area contributed by atoms with Crippen LogP contribution in [-0.2, 0) is 4.74 Å². The van der Waals surface area contributed by atoms with Crippen molar-refractivity contribution in [3.63, 3.8) is 0 Å². The number of hydrogen-bond acceptors (Lipinski definition) is 1. The molecule has 1 aliphatic heterocycles. The molecule has 1 rings (SSSR count). The lowest BCUT2D eigenvalue weighted by molar-refractivity contribution is 0.00977. The molecule has 0 saturated carbocycles. The van der Waals surface area contributed by atoms with Gasteiger partial charge in [-0.15, -0.1) is 0 Å². The fourth-order valence-corrected chi connectivity index (χ4v) is 2.36. The van der Waals surface area contributed by atoms with Gasteiger partial charge in [0.15, 0.2) is 0 Å². The Hall–Kier alpha value is -0.0400. The van der Waals surface area contributed by atoms with Gasteiger partial charge in [-0.25, -0.2) is 0 Å². The van der Waals surface area contributed by atoms with E-state index < -0.39 is 0 Å². The molecule has 15 heavy (non-hydrogen) atoms. The molecule has 0 aliphatic carbocycles. The quantitative estimate of drug-likeness (QED) is 0.530. The third-order valence-electron chi connectivity index (χ3n) is 3.40. The van der Waals surface area contributed by atoms with E-state index in [4.69, 9.17) is 4.74 Å². The summed E-state index contributed by atoms with van der Waals surface area (Å²) < 4.78 is 5.72. The second kappa shape index (κ2) is 9.21. The van der Waals surface area contributed by atoms with E-state index in [0.29, 0.717) is 6.10 Å². The molecule has 0 aromatic carbocycles. The van der Waals surface area contributed by atoms with Gasteiger partial charge in [0.1, 0.15) is 0 Å². The van der Waals surface area contributed by atoms with E-state index in [1.165, 1.54) is 70.6 Å². The molecule has 0 amide bonds. The van der Waals surface area contributed by atoms with Gasteiger partial charge < -0.3 is 4.74 Å². The maximum atomic E-state index is 5.72. The maximum absolute atomic E-state index is 5.72. The minimum absolute atomic E-state index is 0.606. The van der Waals surface area contributed by atoms with Gasteiger partial charge in [0.05, 0.1) is 6.10 Å². The van der Waals surface area contributed by atoms with E-state index in [-0.39, 0.29) is 0 Å². The highest BCUT2D eigenvalue weighted by Gasteiger charge is 2.12. The van der Waals surface area contributed by atoms with E-state index in [0.717, 1.165) is 6.61 Å². The van der Waals surface area contributed by atoms with Gasteiger partial charge >= 0.3 is 0 Å². The Morgan fingerprint density at radius 3 is 2.33 bits per heavy atom. The third kappa shape index (κ3) is 6.94. The van der Waals surface area contributed by atoms with Crippen molar-refractivity contribution in [2.45, 2.75) is 83.7 Å². The molecule has 1 fully saturated rings. The van der Waals surface area contributed by atoms with E-state index in [9.17, 15) is 0 Å². The summed E-state index contributed by atoms with van der Waals surface area (Å²) in [5.74, 6) is 0. The molecule has 0 unspecified atom stereocenters. The van der Waals surface area contributed by atoms with Crippen molar-refractivity contribution < 1.29 is 4.74 Å². The molecular formula is C14H28O. The number of unbranched alkanes of at least 4 members (excludes halogenated alkanes) is 6. The summed E-state index contributed by atoms with van der Waals surface area (Å²) in [6.45, 7) is 3.29. The summed E-state index contributed by atoms with van der Waals surface area (Å²) in [7, 11) is 0. The van der Waals surface area contributed by atoms with E-state index >= 15 is 0 Å². The minimum Gasteiger partial charge on any atom is -0.378 e. The summed E-state index contributed by atoms with van der Waals surface area (Å²) in [6.07, 6.45) is 15.8. The van der Waals surface area contributed by atoms with Crippen molar-refractivity contribution in [1.29, 1.82) is 0 Å². The molecule has 1 atom stereocenters. The van der Waals surface area contributed by atoms with Crippen LogP contribution in [0.15, 0.2) is 0 Å². The SMILES string of the molecule is CCCCCCCCC[C@H]1CCCCO1. The summed E-state index contributed by atoms with van der Waals surface area (Å²) >= 11 is 0. The highest BCUT2D eigenvalue weighted by atomic mass is 16.5. The predicted octanol–water partition coefficient (Wildman–Crippen LogP) is 4.70. The lowest BCUT2D eigenvalue weighted by Gasteiger charge is -2.22. The fourth-order valence-electron chi connectivity index (χ4n) is 2.36. The summed E-state index contributed by atoms with van der Waals surface area (Å²) in [4.78, 5) is 0. The molecule has 1 saturated heterocycles. The average molecular weight is 212 g/mol. The van der Waals surface area contributed by atoms with Crippen molar-refractivity contribution in [3.8, 4) is 0 Å². The monoisotopic (exact) mass is 212 g/mol. The van der Waals surface area contributed by atoms with Gasteiger partial charge in [-0.3, -0.25) is 0 Å². The second-order valence-electron chi connectivity index (χ2n) is 4.90. The number of hydrogen-bond donors (Lipinski definition) is 0. The lowest BCUT2D eigenvalue weighted by Crippen LogP contribution is -2.18. The molecule has 0 aromatic heterocycles. The number of rotatable bonds is 8. The van der Waals surface area contributed by atoms with E-state index in [1.807, 2.05) is 0 Å². The summed E-state index contributed by atoms with van der Waals surface area (Å²) in [5, 5.41) is 0. The Kier molecular flexibility index (Phi) is 7.99. The van der Waals surface area contributed by atoms with Crippen LogP contribution in [0.25, 0.3) is 0 Å². The molecule has 1 nitrogen and oxygen atoms in total. The molecule has 0 N–H and O–H groups in total. The van der Waals surface area contributed by atoms with Crippen LogP contribution in [0, 0.1) is 0 Å². The van der Waals surface area contributed by atoms with Crippen molar-refractivity contribution in [2.75, 3.05) is 6.61 Å². The van der Waals surface area contributed by atoms with Crippen LogP contribution in [-0.4, -0.2) is 12.7 Å². The van der Waals surface area contributed by atoms with Gasteiger partial charge in [-0.1, -0.05) is 51.9 Å². The average Bonchev–Trinajstić information content (AvgIpc) is 2.29. The molecule has 1 heterocycles. The topological polar surface area (TPSA) is 9.23 Å². The van der Waals surface area contributed by atoms with Crippen LogP contribution >= 0.6 is 0 Å². The molecule has 1 heteroatoms. The lowest BCUT2D eigenvalue weighted by atomic mass is 10.0. The second-order valence-corrected chi connectivity index (χ2v) is 4.90. The smallest absolute Gasteiger partial charge is 0.0575 e. The van der Waals surface area contributed by atoms with Crippen LogP contribution < -0.4 is 0 Å². The first-order valence-corrected chi connectivity index (χ1v) is 7.05. The van der Waals surface area contributed by atoms with Crippen molar-refractivity contribution >= 4 is 0 Å². The Labute approximate surface area is 95.6 Å². The minimum atomic E-state index is 0.606. The zero-order valence-corrected chi connectivity index (χ0v) is 10.5. The third-order valence-corrected chi connectivity index (χ3v) is 3.40. The van der Waals surface area contributed by atoms with Crippen LogP contribution in [0.2, 0.25) is 0 Å². The first-order valence-electron chi connectivity index (χ1n) is 7.05. The van der Waals surface area contributed by atoms with Gasteiger partial charge in [-0.05, 0) is 25.7 Å². The van der Waals surface area contributed by atoms with Gasteiger partial charge in [0.2, 0.25) is 0 Å². The van der Waals surface area contributed by atoms with E-state index in [2.05, 4.69) is 6.92 Å². The summed E-state index contributed by atoms with van der Waals surface area (Å²) in [6, 6.07) is 0. The van der Waals surface area contributed by atoms with Gasteiger partial charge in [0, 0.05) is 6.61 Å². The predicted molar refractivity (Wildman–Crippen MR) is 66.2 cm³/mol. The number of ether oxygens (including phenoxy) is 1. The van der Waals surface area contributed by atoms with Crippen LogP contribution in [0.5, 0.6) is 0 Å². The molecule has 0 radical (unpaired) electrons. The van der Waals surface area contributed by atoms with E-state index in [1.54, 1.807) is 0 Å². The van der Waals surface area contributed by atoms with Crippen LogP contribution in [0.1, 0.15) is 77.6 Å². The maximum Gasteiger partial charge on any atom is 0.0575 e. The Bertz CT molecular complexity index is 127. The Morgan fingerprint density at radius 1 is 0.933 bits per heavy atom. The Balaban J connectivity index is 1.79. The van der Waals surface area contributed by atoms with Crippen LogP contribution in [0.3, 0.4) is 0 Å². The summed E-state index contributed by atoms with van der Waals surface area (Å²) in [5.41, 5.74) is 0. The van der Waals surface area contributed by atoms with Gasteiger partial charge in [0.25, 0.3) is 0 Å². The normalized spacial score (nSPS) is 21.8.